The third kappa shape index (κ3) is 6.41. The lowest BCUT2D eigenvalue weighted by molar-refractivity contribution is -0.116. The molecule has 2 rings (SSSR count). The zero-order chi connectivity index (χ0) is 18.8. The first-order valence-corrected chi connectivity index (χ1v) is 9.07. The number of nitrogens with zero attached hydrogens (tertiary/aromatic N) is 1. The van der Waals surface area contributed by atoms with Gasteiger partial charge in [0, 0.05) is 37.3 Å². The maximum absolute atomic E-state index is 11.7. The molecule has 1 amide bonds. The number of nitrogens with one attached hydrogen (secondary N) is 3. The van der Waals surface area contributed by atoms with Crippen LogP contribution in [0, 0.1) is 0 Å². The van der Waals surface area contributed by atoms with E-state index >= 15 is 0 Å². The van der Waals surface area contributed by atoms with Crippen molar-refractivity contribution in [1.82, 2.24) is 10.6 Å². The lowest BCUT2D eigenvalue weighted by atomic mass is 10.2. The van der Waals surface area contributed by atoms with Crippen LogP contribution in [0.25, 0.3) is 0 Å². The Morgan fingerprint density at radius 2 is 1.85 bits per heavy atom. The number of halogens is 1. The average Bonchev–Trinajstić information content (AvgIpc) is 2.63. The highest BCUT2D eigenvalue weighted by Crippen LogP contribution is 2.14. The van der Waals surface area contributed by atoms with E-state index in [0.717, 1.165) is 28.3 Å². The topological polar surface area (TPSA) is 65.5 Å². The molecule has 0 heterocycles. The summed E-state index contributed by atoms with van der Waals surface area (Å²) >= 11 is 6.17. The smallest absolute Gasteiger partial charge is 0.224 e. The number of aliphatic imine (C=N–C) groups is 1. The van der Waals surface area contributed by atoms with E-state index < -0.39 is 0 Å². The fourth-order valence-electron chi connectivity index (χ4n) is 2.44. The van der Waals surface area contributed by atoms with Gasteiger partial charge in [-0.15, -0.1) is 0 Å². The van der Waals surface area contributed by atoms with E-state index in [2.05, 4.69) is 20.9 Å². The van der Waals surface area contributed by atoms with Gasteiger partial charge in [-0.3, -0.25) is 9.79 Å². The summed E-state index contributed by atoms with van der Waals surface area (Å²) < 4.78 is 0. The molecule has 0 spiro atoms. The summed E-state index contributed by atoms with van der Waals surface area (Å²) in [7, 11) is 1.73. The minimum atomic E-state index is 0.0369. The van der Waals surface area contributed by atoms with Gasteiger partial charge in [0.25, 0.3) is 0 Å². The molecule has 0 aliphatic carbocycles. The number of rotatable bonds is 7. The number of amides is 1. The lowest BCUT2D eigenvalue weighted by Crippen LogP contribution is -2.36. The first-order valence-electron chi connectivity index (χ1n) is 8.69. The molecule has 3 N–H and O–H groups in total. The number of benzene rings is 2. The fraction of sp³-hybridized carbons (Fsp3) is 0.300. The minimum absolute atomic E-state index is 0.0369. The Morgan fingerprint density at radius 3 is 2.58 bits per heavy atom. The van der Waals surface area contributed by atoms with Crippen molar-refractivity contribution in [3.8, 4) is 0 Å². The largest absolute Gasteiger partial charge is 0.352 e. The van der Waals surface area contributed by atoms with E-state index in [1.807, 2.05) is 55.5 Å². The number of hydrogen-bond donors (Lipinski definition) is 3. The number of carbonyl (C=O) groups is 1. The van der Waals surface area contributed by atoms with Gasteiger partial charge in [-0.2, -0.15) is 0 Å². The first kappa shape index (κ1) is 19.8. The van der Waals surface area contributed by atoms with Crippen LogP contribution >= 0.6 is 11.6 Å². The van der Waals surface area contributed by atoms with Crippen LogP contribution in [0.3, 0.4) is 0 Å². The van der Waals surface area contributed by atoms with Crippen molar-refractivity contribution in [2.24, 2.45) is 4.99 Å². The second-order valence-corrected chi connectivity index (χ2v) is 6.28. The molecular weight excluding hydrogens is 348 g/mol. The van der Waals surface area contributed by atoms with E-state index in [0.29, 0.717) is 25.5 Å². The molecule has 0 saturated carbocycles. The standard InChI is InChI=1S/C20H25ClN4O/c1-3-7-19(26)25-17-10-6-8-15(12-17)13-23-20(22-2)24-14-16-9-4-5-11-18(16)21/h4-6,8-12H,3,7,13-14H2,1-2H3,(H,25,26)(H2,22,23,24). The van der Waals surface area contributed by atoms with E-state index in [1.54, 1.807) is 7.05 Å². The van der Waals surface area contributed by atoms with Crippen LogP contribution in [0.4, 0.5) is 5.69 Å². The zero-order valence-corrected chi connectivity index (χ0v) is 15.9. The van der Waals surface area contributed by atoms with Crippen molar-refractivity contribution in [1.29, 1.82) is 0 Å². The fourth-order valence-corrected chi connectivity index (χ4v) is 2.64. The van der Waals surface area contributed by atoms with Gasteiger partial charge in [-0.25, -0.2) is 0 Å². The van der Waals surface area contributed by atoms with Crippen LogP contribution < -0.4 is 16.0 Å². The van der Waals surface area contributed by atoms with Crippen LogP contribution in [0.5, 0.6) is 0 Å². The van der Waals surface area contributed by atoms with Crippen LogP contribution in [0.2, 0.25) is 5.02 Å². The third-order valence-corrected chi connectivity index (χ3v) is 4.14. The minimum Gasteiger partial charge on any atom is -0.352 e. The normalized spacial score (nSPS) is 11.1. The molecule has 5 nitrogen and oxygen atoms in total. The molecule has 0 unspecified atom stereocenters. The number of guanidine groups is 1. The van der Waals surface area contributed by atoms with Crippen LogP contribution in [0.15, 0.2) is 53.5 Å². The molecule has 0 saturated heterocycles. The Balaban J connectivity index is 1.88. The van der Waals surface area contributed by atoms with Crippen molar-refractivity contribution in [3.05, 3.63) is 64.7 Å². The molecule has 0 aliphatic rings. The van der Waals surface area contributed by atoms with Gasteiger partial charge >= 0.3 is 0 Å². The summed E-state index contributed by atoms with van der Waals surface area (Å²) in [5, 5.41) is 10.1. The Labute approximate surface area is 159 Å². The van der Waals surface area contributed by atoms with Crippen molar-refractivity contribution in [2.45, 2.75) is 32.9 Å². The Kier molecular flexibility index (Phi) is 7.96. The Bertz CT molecular complexity index is 761. The van der Waals surface area contributed by atoms with E-state index in [1.165, 1.54) is 0 Å². The molecule has 2 aromatic rings. The van der Waals surface area contributed by atoms with Gasteiger partial charge in [-0.1, -0.05) is 48.9 Å². The summed E-state index contributed by atoms with van der Waals surface area (Å²) in [5.41, 5.74) is 2.87. The maximum Gasteiger partial charge on any atom is 0.224 e. The van der Waals surface area contributed by atoms with E-state index in [9.17, 15) is 4.79 Å². The molecule has 0 bridgehead atoms. The van der Waals surface area contributed by atoms with E-state index in [-0.39, 0.29) is 5.91 Å². The second-order valence-electron chi connectivity index (χ2n) is 5.87. The molecule has 0 radical (unpaired) electrons. The van der Waals surface area contributed by atoms with Crippen molar-refractivity contribution < 1.29 is 4.79 Å². The van der Waals surface area contributed by atoms with Gasteiger partial charge in [0.15, 0.2) is 5.96 Å². The maximum atomic E-state index is 11.7. The number of hydrogen-bond acceptors (Lipinski definition) is 2. The van der Waals surface area contributed by atoms with E-state index in [4.69, 9.17) is 11.6 Å². The quantitative estimate of drug-likeness (QED) is 0.509. The lowest BCUT2D eigenvalue weighted by Gasteiger charge is -2.13. The van der Waals surface area contributed by atoms with Gasteiger partial charge in [0.1, 0.15) is 0 Å². The van der Waals surface area contributed by atoms with Crippen molar-refractivity contribution in [2.75, 3.05) is 12.4 Å². The van der Waals surface area contributed by atoms with Crippen molar-refractivity contribution in [3.63, 3.8) is 0 Å². The average molecular weight is 373 g/mol. The highest BCUT2D eigenvalue weighted by atomic mass is 35.5. The molecule has 0 fully saturated rings. The first-order chi connectivity index (χ1) is 12.6. The van der Waals surface area contributed by atoms with Gasteiger partial charge < -0.3 is 16.0 Å². The SMILES string of the molecule is CCCC(=O)Nc1cccc(CNC(=NC)NCc2ccccc2Cl)c1. The summed E-state index contributed by atoms with van der Waals surface area (Å²) in [6.45, 7) is 3.17. The zero-order valence-electron chi connectivity index (χ0n) is 15.2. The predicted molar refractivity (Wildman–Crippen MR) is 108 cm³/mol. The summed E-state index contributed by atoms with van der Waals surface area (Å²) in [5.74, 6) is 0.722. The third-order valence-electron chi connectivity index (χ3n) is 3.78. The molecule has 0 aliphatic heterocycles. The number of carbonyl (C=O) groups excluding carboxylic acids is 1. The molecule has 2 aromatic carbocycles. The molecular formula is C20H25ClN4O. The molecule has 26 heavy (non-hydrogen) atoms. The van der Waals surface area contributed by atoms with Gasteiger partial charge in [0.2, 0.25) is 5.91 Å². The summed E-state index contributed by atoms with van der Waals surface area (Å²) in [4.78, 5) is 15.9. The van der Waals surface area contributed by atoms with Crippen molar-refractivity contribution >= 4 is 29.2 Å². The Morgan fingerprint density at radius 1 is 1.08 bits per heavy atom. The molecule has 138 valence electrons. The number of anilines is 1. The highest BCUT2D eigenvalue weighted by Gasteiger charge is 2.04. The van der Waals surface area contributed by atoms with Gasteiger partial charge in [-0.05, 0) is 35.7 Å². The predicted octanol–water partition coefficient (Wildman–Crippen LogP) is 3.94. The second kappa shape index (κ2) is 10.5. The molecule has 0 aromatic heterocycles. The van der Waals surface area contributed by atoms with Crippen LogP contribution in [-0.2, 0) is 17.9 Å². The van der Waals surface area contributed by atoms with Gasteiger partial charge in [0.05, 0.1) is 0 Å². The summed E-state index contributed by atoms with van der Waals surface area (Å²) in [6.07, 6.45) is 1.36. The summed E-state index contributed by atoms with van der Waals surface area (Å²) in [6, 6.07) is 15.5. The van der Waals surface area contributed by atoms with Crippen LogP contribution in [0.1, 0.15) is 30.9 Å². The monoisotopic (exact) mass is 372 g/mol. The Hall–Kier alpha value is -2.53. The molecule has 0 atom stereocenters. The highest BCUT2D eigenvalue weighted by molar-refractivity contribution is 6.31. The molecule has 6 heteroatoms. The van der Waals surface area contributed by atoms with Crippen LogP contribution in [-0.4, -0.2) is 18.9 Å².